The number of benzene rings is 1. The number of rotatable bonds is 4. The van der Waals surface area contributed by atoms with Crippen LogP contribution in [0.15, 0.2) is 24.3 Å². The molecule has 0 heterocycles. The number of halogens is 1. The second-order valence-electron chi connectivity index (χ2n) is 6.95. The monoisotopic (exact) mass is 275 g/mol. The highest BCUT2D eigenvalue weighted by molar-refractivity contribution is 5.23. The molecular formula is C18H26FN. The summed E-state index contributed by atoms with van der Waals surface area (Å²) in [5, 5.41) is 3.74. The Labute approximate surface area is 122 Å². The third kappa shape index (κ3) is 3.41. The van der Waals surface area contributed by atoms with Gasteiger partial charge in [-0.25, -0.2) is 4.39 Å². The summed E-state index contributed by atoms with van der Waals surface area (Å²) in [5.41, 5.74) is 1.30. The van der Waals surface area contributed by atoms with Gasteiger partial charge >= 0.3 is 0 Å². The summed E-state index contributed by atoms with van der Waals surface area (Å²) in [6.45, 7) is 3.58. The Morgan fingerprint density at radius 2 is 1.70 bits per heavy atom. The molecule has 0 saturated heterocycles. The standard InChI is InChI=1S/C18H26FN/c1-13-2-4-14(5-3-13)12-20-18-10-16(11-18)15-6-8-17(19)9-7-15/h6-9,13-14,16,18,20H,2-5,10-12H2,1H3. The van der Waals surface area contributed by atoms with Gasteiger partial charge < -0.3 is 5.32 Å². The van der Waals surface area contributed by atoms with E-state index in [0.29, 0.717) is 12.0 Å². The van der Waals surface area contributed by atoms with Gasteiger partial charge in [-0.05, 0) is 67.7 Å². The fourth-order valence-electron chi connectivity index (χ4n) is 3.66. The van der Waals surface area contributed by atoms with Crippen LogP contribution in [0.4, 0.5) is 4.39 Å². The van der Waals surface area contributed by atoms with Crippen LogP contribution < -0.4 is 5.32 Å². The van der Waals surface area contributed by atoms with Crippen LogP contribution in [0.25, 0.3) is 0 Å². The molecule has 1 N–H and O–H groups in total. The van der Waals surface area contributed by atoms with Gasteiger partial charge in [0.15, 0.2) is 0 Å². The van der Waals surface area contributed by atoms with Crippen LogP contribution in [0.2, 0.25) is 0 Å². The highest BCUT2D eigenvalue weighted by Gasteiger charge is 2.30. The average molecular weight is 275 g/mol. The third-order valence-corrected chi connectivity index (χ3v) is 5.31. The van der Waals surface area contributed by atoms with E-state index in [-0.39, 0.29) is 5.82 Å². The van der Waals surface area contributed by atoms with Gasteiger partial charge in [-0.2, -0.15) is 0 Å². The Morgan fingerprint density at radius 3 is 2.35 bits per heavy atom. The molecule has 0 bridgehead atoms. The van der Waals surface area contributed by atoms with Crippen LogP contribution in [-0.2, 0) is 0 Å². The van der Waals surface area contributed by atoms with Gasteiger partial charge in [0.05, 0.1) is 0 Å². The zero-order valence-corrected chi connectivity index (χ0v) is 12.4. The lowest BCUT2D eigenvalue weighted by Crippen LogP contribution is -2.42. The van der Waals surface area contributed by atoms with E-state index in [1.807, 2.05) is 12.1 Å². The SMILES string of the molecule is CC1CCC(CNC2CC(c3ccc(F)cc3)C2)CC1. The Morgan fingerprint density at radius 1 is 1.05 bits per heavy atom. The molecule has 2 aliphatic carbocycles. The van der Waals surface area contributed by atoms with Gasteiger partial charge in [-0.3, -0.25) is 0 Å². The maximum atomic E-state index is 12.9. The summed E-state index contributed by atoms with van der Waals surface area (Å²) in [6.07, 6.45) is 8.07. The molecule has 2 aliphatic rings. The minimum Gasteiger partial charge on any atom is -0.314 e. The van der Waals surface area contributed by atoms with Crippen LogP contribution in [0.1, 0.15) is 56.9 Å². The fourth-order valence-corrected chi connectivity index (χ4v) is 3.66. The molecule has 0 aromatic heterocycles. The molecule has 0 spiro atoms. The first-order valence-electron chi connectivity index (χ1n) is 8.19. The first kappa shape index (κ1) is 14.1. The molecule has 1 aromatic rings. The van der Waals surface area contributed by atoms with Crippen LogP contribution in [-0.4, -0.2) is 12.6 Å². The molecule has 0 unspecified atom stereocenters. The van der Waals surface area contributed by atoms with Crippen LogP contribution in [0, 0.1) is 17.7 Å². The van der Waals surface area contributed by atoms with E-state index in [0.717, 1.165) is 11.8 Å². The summed E-state index contributed by atoms with van der Waals surface area (Å²) < 4.78 is 12.9. The predicted octanol–water partition coefficient (Wildman–Crippen LogP) is 4.49. The zero-order valence-electron chi connectivity index (χ0n) is 12.4. The van der Waals surface area contributed by atoms with Crippen LogP contribution >= 0.6 is 0 Å². The van der Waals surface area contributed by atoms with Crippen molar-refractivity contribution in [2.75, 3.05) is 6.54 Å². The molecular weight excluding hydrogens is 249 g/mol. The molecule has 2 saturated carbocycles. The van der Waals surface area contributed by atoms with E-state index >= 15 is 0 Å². The molecule has 0 atom stereocenters. The maximum absolute atomic E-state index is 12.9. The minimum absolute atomic E-state index is 0.130. The summed E-state index contributed by atoms with van der Waals surface area (Å²) in [7, 11) is 0. The zero-order chi connectivity index (χ0) is 13.9. The smallest absolute Gasteiger partial charge is 0.123 e. The van der Waals surface area contributed by atoms with Crippen molar-refractivity contribution in [3.8, 4) is 0 Å². The summed E-state index contributed by atoms with van der Waals surface area (Å²) in [5.74, 6) is 2.35. The third-order valence-electron chi connectivity index (χ3n) is 5.31. The average Bonchev–Trinajstić information content (AvgIpc) is 2.41. The first-order chi connectivity index (χ1) is 9.70. The van der Waals surface area contributed by atoms with Crippen LogP contribution in [0.5, 0.6) is 0 Å². The summed E-state index contributed by atoms with van der Waals surface area (Å²) in [6, 6.07) is 7.74. The van der Waals surface area contributed by atoms with Gasteiger partial charge in [-0.15, -0.1) is 0 Å². The minimum atomic E-state index is -0.130. The Bertz CT molecular complexity index is 414. The Kier molecular flexibility index (Phi) is 4.40. The van der Waals surface area contributed by atoms with E-state index in [1.54, 1.807) is 12.1 Å². The van der Waals surface area contributed by atoms with Crippen molar-refractivity contribution >= 4 is 0 Å². The maximum Gasteiger partial charge on any atom is 0.123 e. The first-order valence-corrected chi connectivity index (χ1v) is 8.19. The van der Waals surface area contributed by atoms with Gasteiger partial charge in [0.25, 0.3) is 0 Å². The highest BCUT2D eigenvalue weighted by Crippen LogP contribution is 2.37. The fraction of sp³-hybridized carbons (Fsp3) is 0.667. The lowest BCUT2D eigenvalue weighted by Gasteiger charge is -2.38. The number of nitrogens with one attached hydrogen (secondary N) is 1. The van der Waals surface area contributed by atoms with E-state index in [4.69, 9.17) is 0 Å². The molecule has 110 valence electrons. The Hall–Kier alpha value is -0.890. The second kappa shape index (κ2) is 6.26. The van der Waals surface area contributed by atoms with Gasteiger partial charge in [0.1, 0.15) is 5.82 Å². The normalized spacial score (nSPS) is 33.7. The number of hydrogen-bond donors (Lipinski definition) is 1. The molecule has 0 amide bonds. The van der Waals surface area contributed by atoms with E-state index in [2.05, 4.69) is 12.2 Å². The predicted molar refractivity (Wildman–Crippen MR) is 81.3 cm³/mol. The van der Waals surface area contributed by atoms with Crippen molar-refractivity contribution < 1.29 is 4.39 Å². The quantitative estimate of drug-likeness (QED) is 0.854. The molecule has 0 aliphatic heterocycles. The van der Waals surface area contributed by atoms with Crippen molar-refractivity contribution in [1.29, 1.82) is 0 Å². The van der Waals surface area contributed by atoms with E-state index in [9.17, 15) is 4.39 Å². The van der Waals surface area contributed by atoms with Gasteiger partial charge in [-0.1, -0.05) is 31.9 Å². The van der Waals surface area contributed by atoms with E-state index in [1.165, 1.54) is 50.6 Å². The van der Waals surface area contributed by atoms with Crippen molar-refractivity contribution in [3.63, 3.8) is 0 Å². The lowest BCUT2D eigenvalue weighted by atomic mass is 9.75. The van der Waals surface area contributed by atoms with Crippen molar-refractivity contribution in [2.45, 2.75) is 57.4 Å². The molecule has 2 fully saturated rings. The van der Waals surface area contributed by atoms with Crippen LogP contribution in [0.3, 0.4) is 0 Å². The molecule has 1 aromatic carbocycles. The van der Waals surface area contributed by atoms with E-state index < -0.39 is 0 Å². The lowest BCUT2D eigenvalue weighted by molar-refractivity contribution is 0.236. The largest absolute Gasteiger partial charge is 0.314 e. The summed E-state index contributed by atoms with van der Waals surface area (Å²) in [4.78, 5) is 0. The molecule has 20 heavy (non-hydrogen) atoms. The summed E-state index contributed by atoms with van der Waals surface area (Å²) >= 11 is 0. The molecule has 1 nitrogen and oxygen atoms in total. The molecule has 3 rings (SSSR count). The van der Waals surface area contributed by atoms with Crippen molar-refractivity contribution in [2.24, 2.45) is 11.8 Å². The molecule has 2 heteroatoms. The van der Waals surface area contributed by atoms with Gasteiger partial charge in [0.2, 0.25) is 0 Å². The Balaban J connectivity index is 1.37. The topological polar surface area (TPSA) is 12.0 Å². The number of hydrogen-bond acceptors (Lipinski definition) is 1. The molecule has 0 radical (unpaired) electrons. The van der Waals surface area contributed by atoms with Gasteiger partial charge in [0, 0.05) is 6.04 Å². The van der Waals surface area contributed by atoms with Crippen molar-refractivity contribution in [3.05, 3.63) is 35.6 Å². The van der Waals surface area contributed by atoms with Crippen molar-refractivity contribution in [1.82, 2.24) is 5.32 Å². The highest BCUT2D eigenvalue weighted by atomic mass is 19.1. The second-order valence-corrected chi connectivity index (χ2v) is 6.95.